The van der Waals surface area contributed by atoms with Crippen LogP contribution >= 0.6 is 15.9 Å². The molecule has 158 valence electrons. The van der Waals surface area contributed by atoms with E-state index >= 15 is 0 Å². The molecule has 2 fully saturated rings. The number of carbonyl (C=O) groups is 1. The largest absolute Gasteiger partial charge is 0.394 e. The highest BCUT2D eigenvalue weighted by Crippen LogP contribution is 2.43. The van der Waals surface area contributed by atoms with Crippen LogP contribution in [0.15, 0.2) is 0 Å². The lowest BCUT2D eigenvalue weighted by Gasteiger charge is -2.52. The van der Waals surface area contributed by atoms with Gasteiger partial charge in [0.1, 0.15) is 42.7 Å². The standard InChI is InChI=1S/C14H23BrO12/c1-4(18)13(3-17)10(22)8(21)11(23)14(15,27-13)26-9-5(2-16)25-12(24)7(20)6(9)19/h5-12,16-17,19-24H,2-3H2,1H3/t5-,6-,7-,8+,9-,10-,11-,12-,13+,14+/m1/s1. The zero-order valence-electron chi connectivity index (χ0n) is 14.1. The Bertz CT molecular complexity index is 548. The third kappa shape index (κ3) is 3.80. The Labute approximate surface area is 161 Å². The van der Waals surface area contributed by atoms with Gasteiger partial charge in [0.15, 0.2) is 17.7 Å². The summed E-state index contributed by atoms with van der Waals surface area (Å²) in [5.41, 5.74) is -2.38. The van der Waals surface area contributed by atoms with Crippen molar-refractivity contribution in [2.75, 3.05) is 13.2 Å². The minimum Gasteiger partial charge on any atom is -0.394 e. The molecule has 12 nitrogen and oxygen atoms in total. The van der Waals surface area contributed by atoms with E-state index in [-0.39, 0.29) is 0 Å². The second-order valence-corrected chi connectivity index (χ2v) is 7.59. The lowest BCUT2D eigenvalue weighted by molar-refractivity contribution is -0.379. The van der Waals surface area contributed by atoms with Crippen LogP contribution in [0.5, 0.6) is 0 Å². The molecule has 10 atom stereocenters. The van der Waals surface area contributed by atoms with Crippen LogP contribution in [0.25, 0.3) is 0 Å². The number of alkyl halides is 1. The van der Waals surface area contributed by atoms with Gasteiger partial charge in [0.25, 0.3) is 4.70 Å². The van der Waals surface area contributed by atoms with E-state index in [0.717, 1.165) is 6.92 Å². The quantitative estimate of drug-likeness (QED) is 0.181. The molecule has 27 heavy (non-hydrogen) atoms. The van der Waals surface area contributed by atoms with Gasteiger partial charge in [-0.05, 0) is 22.9 Å². The molecule has 2 aliphatic heterocycles. The van der Waals surface area contributed by atoms with E-state index in [4.69, 9.17) is 14.2 Å². The predicted molar refractivity (Wildman–Crippen MR) is 86.1 cm³/mol. The molecule has 2 aliphatic rings. The zero-order chi connectivity index (χ0) is 20.7. The first-order valence-corrected chi connectivity index (χ1v) is 8.78. The van der Waals surface area contributed by atoms with Gasteiger partial charge in [-0.1, -0.05) is 0 Å². The van der Waals surface area contributed by atoms with Crippen LogP contribution < -0.4 is 0 Å². The van der Waals surface area contributed by atoms with Crippen LogP contribution in [0.2, 0.25) is 0 Å². The molecular weight excluding hydrogens is 440 g/mol. The van der Waals surface area contributed by atoms with Crippen molar-refractivity contribution in [1.29, 1.82) is 0 Å². The highest BCUT2D eigenvalue weighted by molar-refractivity contribution is 9.10. The summed E-state index contributed by atoms with van der Waals surface area (Å²) < 4.78 is 13.2. The lowest BCUT2D eigenvalue weighted by Crippen LogP contribution is -2.73. The average Bonchev–Trinajstić information content (AvgIpc) is 2.63. The van der Waals surface area contributed by atoms with Gasteiger partial charge in [-0.15, -0.1) is 0 Å². The number of aliphatic hydroxyl groups is 8. The number of aliphatic hydroxyl groups excluding tert-OH is 8. The van der Waals surface area contributed by atoms with E-state index < -0.39 is 78.3 Å². The molecule has 0 aromatic carbocycles. The summed E-state index contributed by atoms with van der Waals surface area (Å²) >= 11 is 2.85. The third-order valence-corrected chi connectivity index (χ3v) is 5.58. The molecule has 0 aromatic rings. The summed E-state index contributed by atoms with van der Waals surface area (Å²) in [6.45, 7) is -0.904. The molecule has 0 spiro atoms. The van der Waals surface area contributed by atoms with Gasteiger partial charge in [0.2, 0.25) is 0 Å². The molecular formula is C14H23BrO12. The fourth-order valence-corrected chi connectivity index (χ4v) is 3.81. The molecule has 0 amide bonds. The topological polar surface area (TPSA) is 207 Å². The van der Waals surface area contributed by atoms with Gasteiger partial charge in [0, 0.05) is 0 Å². The number of halogens is 1. The molecule has 0 saturated carbocycles. The fourth-order valence-electron chi connectivity index (χ4n) is 3.03. The lowest BCUT2D eigenvalue weighted by atomic mass is 9.84. The van der Waals surface area contributed by atoms with Crippen molar-refractivity contribution in [3.8, 4) is 0 Å². The van der Waals surface area contributed by atoms with E-state index in [2.05, 4.69) is 15.9 Å². The Balaban J connectivity index is 2.38. The summed E-state index contributed by atoms with van der Waals surface area (Å²) in [6.07, 6.45) is -14.6. The maximum absolute atomic E-state index is 12.0. The van der Waals surface area contributed by atoms with Crippen molar-refractivity contribution < 1.29 is 59.9 Å². The van der Waals surface area contributed by atoms with Gasteiger partial charge in [-0.3, -0.25) is 4.79 Å². The second kappa shape index (κ2) is 8.22. The molecule has 8 N–H and O–H groups in total. The Morgan fingerprint density at radius 1 is 1.04 bits per heavy atom. The number of hydrogen-bond donors (Lipinski definition) is 8. The van der Waals surface area contributed by atoms with Crippen LogP contribution in [0.4, 0.5) is 0 Å². The zero-order valence-corrected chi connectivity index (χ0v) is 15.7. The minimum atomic E-state index is -2.47. The van der Waals surface area contributed by atoms with Crippen LogP contribution in [0.1, 0.15) is 6.92 Å². The molecule has 0 bridgehead atoms. The Morgan fingerprint density at radius 3 is 2.11 bits per heavy atom. The summed E-state index contributed by atoms with van der Waals surface area (Å²) in [5.74, 6) is -0.898. The third-order valence-electron chi connectivity index (χ3n) is 4.77. The summed E-state index contributed by atoms with van der Waals surface area (Å²) in [7, 11) is 0. The highest BCUT2D eigenvalue weighted by atomic mass is 79.9. The minimum absolute atomic E-state index is 0.784. The van der Waals surface area contributed by atoms with Gasteiger partial charge in [-0.2, -0.15) is 0 Å². The van der Waals surface area contributed by atoms with E-state index in [1.807, 2.05) is 0 Å². The molecule has 2 heterocycles. The summed E-state index contributed by atoms with van der Waals surface area (Å²) in [5, 5.41) is 78.9. The first kappa shape index (κ1) is 23.0. The molecule has 0 aliphatic carbocycles. The Morgan fingerprint density at radius 2 is 1.63 bits per heavy atom. The number of ketones is 1. The van der Waals surface area contributed by atoms with Crippen molar-refractivity contribution in [3.63, 3.8) is 0 Å². The number of ether oxygens (including phenoxy) is 3. The van der Waals surface area contributed by atoms with Gasteiger partial charge >= 0.3 is 0 Å². The maximum Gasteiger partial charge on any atom is 0.257 e. The SMILES string of the molecule is CC(=O)[C@]1(CO)O[C@@](Br)(O[C@H]2[C@H](O)[C@@H](O)[C@H](O)O[C@@H]2CO)[C@H](O)[C@@H](O)[C@H]1O. The van der Waals surface area contributed by atoms with Crippen LogP contribution in [0.3, 0.4) is 0 Å². The maximum atomic E-state index is 12.0. The Kier molecular flexibility index (Phi) is 7.00. The molecule has 13 heteroatoms. The van der Waals surface area contributed by atoms with Crippen LogP contribution in [-0.4, -0.2) is 119 Å². The number of carbonyl (C=O) groups excluding carboxylic acids is 1. The van der Waals surface area contributed by atoms with E-state index in [0.29, 0.717) is 0 Å². The summed E-state index contributed by atoms with van der Waals surface area (Å²) in [4.78, 5) is 12.0. The van der Waals surface area contributed by atoms with Crippen molar-refractivity contribution in [3.05, 3.63) is 0 Å². The fraction of sp³-hybridized carbons (Fsp3) is 0.929. The molecule has 0 aromatic heterocycles. The van der Waals surface area contributed by atoms with Crippen molar-refractivity contribution >= 4 is 21.7 Å². The molecule has 2 saturated heterocycles. The van der Waals surface area contributed by atoms with E-state index in [9.17, 15) is 45.6 Å². The average molecular weight is 463 g/mol. The van der Waals surface area contributed by atoms with Crippen molar-refractivity contribution in [1.82, 2.24) is 0 Å². The van der Waals surface area contributed by atoms with E-state index in [1.165, 1.54) is 0 Å². The normalized spacial score (nSPS) is 51.2. The summed E-state index contributed by atoms with van der Waals surface area (Å²) in [6, 6.07) is 0. The smallest absolute Gasteiger partial charge is 0.257 e. The van der Waals surface area contributed by atoms with Gasteiger partial charge in [0.05, 0.1) is 13.2 Å². The Hall–Kier alpha value is -0.290. The second-order valence-electron chi connectivity index (χ2n) is 6.48. The molecule has 0 unspecified atom stereocenters. The van der Waals surface area contributed by atoms with Gasteiger partial charge < -0.3 is 55.1 Å². The van der Waals surface area contributed by atoms with Gasteiger partial charge in [-0.25, -0.2) is 0 Å². The monoisotopic (exact) mass is 462 g/mol. The van der Waals surface area contributed by atoms with Crippen LogP contribution in [-0.2, 0) is 19.0 Å². The highest BCUT2D eigenvalue weighted by Gasteiger charge is 2.64. The molecule has 0 radical (unpaired) electrons. The number of rotatable bonds is 5. The van der Waals surface area contributed by atoms with Crippen LogP contribution in [0, 0.1) is 0 Å². The first-order valence-electron chi connectivity index (χ1n) is 7.98. The predicted octanol–water partition coefficient (Wildman–Crippen LogP) is -4.72. The first-order chi connectivity index (χ1) is 12.4. The van der Waals surface area contributed by atoms with E-state index in [1.54, 1.807) is 0 Å². The number of Topliss-reactive ketones (excluding diaryl/α,β-unsaturated/α-hetero) is 1. The molecule has 2 rings (SSSR count). The van der Waals surface area contributed by atoms with Crippen molar-refractivity contribution in [2.24, 2.45) is 0 Å². The van der Waals surface area contributed by atoms with Crippen molar-refractivity contribution in [2.45, 2.75) is 66.2 Å². The number of hydrogen-bond acceptors (Lipinski definition) is 12.